The maximum atomic E-state index is 13.2. The topological polar surface area (TPSA) is 149 Å². The second kappa shape index (κ2) is 74.6. The highest BCUT2D eigenvalue weighted by Gasteiger charge is 2.44. The zero-order valence-electron chi connectivity index (χ0n) is 62.9. The molecule has 0 spiro atoms. The van der Waals surface area contributed by atoms with Crippen molar-refractivity contribution in [3.8, 4) is 0 Å². The van der Waals surface area contributed by atoms with Gasteiger partial charge in [-0.3, -0.25) is 4.79 Å². The molecule has 1 heterocycles. The maximum absolute atomic E-state index is 13.2. The first kappa shape index (κ1) is 90.9. The second-order valence-electron chi connectivity index (χ2n) is 29.3. The first-order chi connectivity index (χ1) is 46.8. The maximum Gasteiger partial charge on any atom is 0.220 e. The zero-order valence-corrected chi connectivity index (χ0v) is 62.9. The molecule has 9 nitrogen and oxygen atoms in total. The highest BCUT2D eigenvalue weighted by atomic mass is 16.7. The van der Waals surface area contributed by atoms with Gasteiger partial charge in [-0.05, 0) is 77.0 Å². The van der Waals surface area contributed by atoms with Crippen molar-refractivity contribution in [3.05, 3.63) is 60.8 Å². The molecule has 0 aromatic carbocycles. The van der Waals surface area contributed by atoms with Crippen molar-refractivity contribution in [2.24, 2.45) is 0 Å². The molecule has 1 amide bonds. The number of rotatable bonds is 75. The number of hydrogen-bond donors (Lipinski definition) is 6. The van der Waals surface area contributed by atoms with Crippen molar-refractivity contribution in [1.29, 1.82) is 0 Å². The van der Waals surface area contributed by atoms with Crippen LogP contribution in [0.15, 0.2) is 60.8 Å². The van der Waals surface area contributed by atoms with Crippen LogP contribution < -0.4 is 5.32 Å². The smallest absolute Gasteiger partial charge is 0.220 e. The minimum atomic E-state index is -1.58. The van der Waals surface area contributed by atoms with Crippen LogP contribution in [-0.2, 0) is 14.3 Å². The van der Waals surface area contributed by atoms with Crippen molar-refractivity contribution >= 4 is 5.91 Å². The minimum absolute atomic E-state index is 0.183. The first-order valence-electron chi connectivity index (χ1n) is 42.0. The van der Waals surface area contributed by atoms with Gasteiger partial charge in [0.2, 0.25) is 5.91 Å². The lowest BCUT2D eigenvalue weighted by Crippen LogP contribution is -2.60. The molecule has 1 saturated heterocycles. The van der Waals surface area contributed by atoms with Gasteiger partial charge >= 0.3 is 0 Å². The summed E-state index contributed by atoms with van der Waals surface area (Å²) >= 11 is 0. The highest BCUT2D eigenvalue weighted by Crippen LogP contribution is 2.24. The van der Waals surface area contributed by atoms with Crippen LogP contribution in [0, 0.1) is 0 Å². The Bertz CT molecular complexity index is 1700. The number of amides is 1. The standard InChI is InChI=1S/C86H161NO8/c1-3-5-7-9-11-13-15-17-19-21-23-25-27-29-31-33-35-37-38-39-40-41-42-44-46-48-50-52-54-56-58-60-62-64-66-68-70-72-74-76-82(90)87-79(78-94-86-85(93)84(92)83(91)81(77-88)95-86)80(89)75-73-71-69-67-65-63-61-59-57-55-53-51-49-47-45-43-36-34-32-30-28-26-24-22-20-18-16-14-12-10-8-6-4-2/h15,17,21,23,57,59,65,67,73,75,79-81,83-86,88-89,91-93H,3-14,16,18-20,22,24-56,58,60-64,66,68-72,74,76-78H2,1-2H3,(H,87,90)/b17-15-,23-21-,59-57+,67-65+,75-73+. The van der Waals surface area contributed by atoms with Crippen LogP contribution in [0.4, 0.5) is 0 Å². The van der Waals surface area contributed by atoms with Gasteiger partial charge < -0.3 is 40.3 Å². The van der Waals surface area contributed by atoms with E-state index in [0.717, 1.165) is 51.4 Å². The van der Waals surface area contributed by atoms with Crippen LogP contribution in [0.2, 0.25) is 0 Å². The number of carbonyl (C=O) groups excluding carboxylic acids is 1. The van der Waals surface area contributed by atoms with Gasteiger partial charge in [-0.1, -0.05) is 402 Å². The van der Waals surface area contributed by atoms with Crippen molar-refractivity contribution in [2.45, 2.75) is 468 Å². The normalized spacial score (nSPS) is 17.7. The number of unbranched alkanes of at least 4 members (excludes halogenated alkanes) is 57. The summed E-state index contributed by atoms with van der Waals surface area (Å²) in [6.45, 7) is 3.81. The lowest BCUT2D eigenvalue weighted by Gasteiger charge is -2.40. The third-order valence-corrected chi connectivity index (χ3v) is 20.0. The van der Waals surface area contributed by atoms with Gasteiger partial charge in [0.1, 0.15) is 24.4 Å². The van der Waals surface area contributed by atoms with Crippen molar-refractivity contribution < 1.29 is 39.8 Å². The molecular formula is C86H161NO8. The quantitative estimate of drug-likeness (QED) is 0.0261. The van der Waals surface area contributed by atoms with E-state index in [1.54, 1.807) is 6.08 Å². The van der Waals surface area contributed by atoms with Gasteiger partial charge in [0.15, 0.2) is 6.29 Å². The second-order valence-corrected chi connectivity index (χ2v) is 29.3. The predicted molar refractivity (Wildman–Crippen MR) is 410 cm³/mol. The van der Waals surface area contributed by atoms with E-state index >= 15 is 0 Å². The molecule has 1 aliphatic heterocycles. The number of ether oxygens (including phenoxy) is 2. The van der Waals surface area contributed by atoms with Crippen LogP contribution in [0.1, 0.15) is 425 Å². The molecule has 1 fully saturated rings. The molecule has 0 aromatic rings. The van der Waals surface area contributed by atoms with E-state index in [-0.39, 0.29) is 12.5 Å². The lowest BCUT2D eigenvalue weighted by molar-refractivity contribution is -0.302. The van der Waals surface area contributed by atoms with Gasteiger partial charge in [-0.25, -0.2) is 0 Å². The van der Waals surface area contributed by atoms with Crippen LogP contribution in [0.3, 0.4) is 0 Å². The average molecular weight is 1340 g/mol. The molecule has 0 bridgehead atoms. The number of hydrogen-bond acceptors (Lipinski definition) is 8. The number of carbonyl (C=O) groups is 1. The van der Waals surface area contributed by atoms with E-state index in [0.29, 0.717) is 6.42 Å². The molecular weight excluding hydrogens is 1170 g/mol. The summed E-state index contributed by atoms with van der Waals surface area (Å²) in [5.74, 6) is -0.183. The lowest BCUT2D eigenvalue weighted by atomic mass is 9.99. The molecule has 7 unspecified atom stereocenters. The SMILES string of the molecule is CCCCCCC/C=C\C/C=C\CCCCCCCCCCCCCCCCCCCCCCCCCCCCCC(=O)NC(COC1OC(CO)C(O)C(O)C1O)C(O)/C=C/CC/C=C/CC/C=C/CCCCCCCCCCCCCCCCCCCCCCCCC. The molecule has 0 saturated carbocycles. The summed E-state index contributed by atoms with van der Waals surface area (Å²) in [5.41, 5.74) is 0. The molecule has 1 rings (SSSR count). The van der Waals surface area contributed by atoms with Gasteiger partial charge in [-0.2, -0.15) is 0 Å². The predicted octanol–water partition coefficient (Wildman–Crippen LogP) is 24.4. The molecule has 0 radical (unpaired) electrons. The third kappa shape index (κ3) is 62.6. The number of nitrogens with one attached hydrogen (secondary N) is 1. The molecule has 95 heavy (non-hydrogen) atoms. The number of aliphatic hydroxyl groups is 5. The van der Waals surface area contributed by atoms with Gasteiger partial charge in [-0.15, -0.1) is 0 Å². The summed E-state index contributed by atoms with van der Waals surface area (Å²) in [7, 11) is 0. The summed E-state index contributed by atoms with van der Waals surface area (Å²) in [4.78, 5) is 13.2. The first-order valence-corrected chi connectivity index (χ1v) is 42.0. The van der Waals surface area contributed by atoms with E-state index in [2.05, 4.69) is 67.8 Å². The zero-order chi connectivity index (χ0) is 68.5. The third-order valence-electron chi connectivity index (χ3n) is 20.0. The van der Waals surface area contributed by atoms with Gasteiger partial charge in [0, 0.05) is 6.42 Å². The van der Waals surface area contributed by atoms with Crippen LogP contribution >= 0.6 is 0 Å². The van der Waals surface area contributed by atoms with Gasteiger partial charge in [0.25, 0.3) is 0 Å². The Kier molecular flexibility index (Phi) is 71.4. The van der Waals surface area contributed by atoms with Crippen LogP contribution in [-0.4, -0.2) is 87.5 Å². The summed E-state index contributed by atoms with van der Waals surface area (Å²) in [6.07, 6.45) is 98.3. The van der Waals surface area contributed by atoms with Crippen LogP contribution in [0.5, 0.6) is 0 Å². The van der Waals surface area contributed by atoms with Crippen molar-refractivity contribution in [1.82, 2.24) is 5.32 Å². The van der Waals surface area contributed by atoms with E-state index in [1.807, 2.05) is 6.08 Å². The molecule has 558 valence electrons. The van der Waals surface area contributed by atoms with E-state index in [9.17, 15) is 30.3 Å². The Morgan fingerprint density at radius 1 is 0.358 bits per heavy atom. The fraction of sp³-hybridized carbons (Fsp3) is 0.872. The molecule has 6 N–H and O–H groups in total. The summed E-state index contributed by atoms with van der Waals surface area (Å²) < 4.78 is 11.3. The van der Waals surface area contributed by atoms with Gasteiger partial charge in [0.05, 0.1) is 25.4 Å². The molecule has 0 aromatic heterocycles. The molecule has 7 atom stereocenters. The Balaban J connectivity index is 2.07. The highest BCUT2D eigenvalue weighted by molar-refractivity contribution is 5.76. The average Bonchev–Trinajstić information content (AvgIpc) is 0.836. The van der Waals surface area contributed by atoms with E-state index in [4.69, 9.17) is 9.47 Å². The van der Waals surface area contributed by atoms with Crippen molar-refractivity contribution in [2.75, 3.05) is 13.2 Å². The Morgan fingerprint density at radius 2 is 0.632 bits per heavy atom. The minimum Gasteiger partial charge on any atom is -0.394 e. The largest absolute Gasteiger partial charge is 0.394 e. The van der Waals surface area contributed by atoms with E-state index in [1.165, 1.54) is 353 Å². The molecule has 0 aliphatic carbocycles. The molecule has 9 heteroatoms. The molecule has 1 aliphatic rings. The summed E-state index contributed by atoms with van der Waals surface area (Å²) in [5, 5.41) is 54.9. The Morgan fingerprint density at radius 3 is 0.947 bits per heavy atom. The monoisotopic (exact) mass is 1340 g/mol. The van der Waals surface area contributed by atoms with E-state index < -0.39 is 49.5 Å². The fourth-order valence-electron chi connectivity index (χ4n) is 13.5. The fourth-order valence-corrected chi connectivity index (χ4v) is 13.5. The van der Waals surface area contributed by atoms with Crippen molar-refractivity contribution in [3.63, 3.8) is 0 Å². The summed E-state index contributed by atoms with van der Waals surface area (Å²) in [6, 6.07) is -0.831. The number of allylic oxidation sites excluding steroid dienone is 9. The van der Waals surface area contributed by atoms with Crippen LogP contribution in [0.25, 0.3) is 0 Å². The Hall–Kier alpha value is -2.11. The number of aliphatic hydroxyl groups excluding tert-OH is 5. The Labute approximate surface area is 589 Å².